The fraction of sp³-hybridized carbons (Fsp3) is 0.357. The van der Waals surface area contributed by atoms with Gasteiger partial charge in [0.25, 0.3) is 5.91 Å². The molecule has 0 aromatic heterocycles. The van der Waals surface area contributed by atoms with E-state index in [-0.39, 0.29) is 29.5 Å². The van der Waals surface area contributed by atoms with Crippen molar-refractivity contribution in [3.63, 3.8) is 0 Å². The second kappa shape index (κ2) is 5.01. The lowest BCUT2D eigenvalue weighted by Gasteiger charge is -2.20. The van der Waals surface area contributed by atoms with Gasteiger partial charge in [-0.3, -0.25) is 4.79 Å². The van der Waals surface area contributed by atoms with Gasteiger partial charge in [0, 0.05) is 6.54 Å². The Morgan fingerprint density at radius 2 is 2.17 bits per heavy atom. The number of carbonyl (C=O) groups excluding carboxylic acids is 1. The number of hydrogen-bond acceptors (Lipinski definition) is 3. The molecule has 1 fully saturated rings. The van der Waals surface area contributed by atoms with Gasteiger partial charge in [0.2, 0.25) is 0 Å². The summed E-state index contributed by atoms with van der Waals surface area (Å²) in [6.45, 7) is 0.822. The van der Waals surface area contributed by atoms with Crippen molar-refractivity contribution in [2.24, 2.45) is 5.92 Å². The molecule has 0 radical (unpaired) electrons. The van der Waals surface area contributed by atoms with Crippen LogP contribution in [0, 0.1) is 18.3 Å². The van der Waals surface area contributed by atoms with E-state index in [0.29, 0.717) is 12.5 Å². The van der Waals surface area contributed by atoms with E-state index in [4.69, 9.17) is 6.42 Å². The number of rotatable bonds is 4. The molecular formula is C14H15NO3. The fourth-order valence-corrected chi connectivity index (χ4v) is 1.82. The molecule has 2 N–H and O–H groups in total. The van der Waals surface area contributed by atoms with Crippen LogP contribution in [0.2, 0.25) is 0 Å². The zero-order valence-corrected chi connectivity index (χ0v) is 9.97. The van der Waals surface area contributed by atoms with Crippen LogP contribution in [0.15, 0.2) is 18.2 Å². The zero-order chi connectivity index (χ0) is 13.1. The first-order valence-corrected chi connectivity index (χ1v) is 5.87. The van der Waals surface area contributed by atoms with Crippen LogP contribution in [0.25, 0.3) is 0 Å². The number of carbonyl (C=O) groups is 1. The monoisotopic (exact) mass is 245 g/mol. The molecule has 2 rings (SSSR count). The largest absolute Gasteiger partial charge is 0.504 e. The van der Waals surface area contributed by atoms with Gasteiger partial charge in [-0.05, 0) is 30.9 Å². The summed E-state index contributed by atoms with van der Waals surface area (Å²) in [6, 6.07) is 4.33. The van der Waals surface area contributed by atoms with Crippen LogP contribution in [0.4, 0.5) is 0 Å². The van der Waals surface area contributed by atoms with Crippen LogP contribution in [-0.2, 0) is 0 Å². The number of para-hydroxylation sites is 1. The molecule has 0 heterocycles. The highest BCUT2D eigenvalue weighted by atomic mass is 16.3. The molecule has 4 heteroatoms. The van der Waals surface area contributed by atoms with Gasteiger partial charge in [0.1, 0.15) is 0 Å². The molecule has 94 valence electrons. The maximum absolute atomic E-state index is 12.2. The minimum absolute atomic E-state index is 0.0888. The number of benzene rings is 1. The first kappa shape index (κ1) is 12.3. The Kier molecular flexibility index (Phi) is 3.42. The van der Waals surface area contributed by atoms with Crippen molar-refractivity contribution in [3.05, 3.63) is 23.8 Å². The van der Waals surface area contributed by atoms with Gasteiger partial charge in [0.15, 0.2) is 11.5 Å². The van der Waals surface area contributed by atoms with Crippen LogP contribution < -0.4 is 0 Å². The molecule has 0 spiro atoms. The fourth-order valence-electron chi connectivity index (χ4n) is 1.82. The van der Waals surface area contributed by atoms with E-state index in [9.17, 15) is 15.0 Å². The van der Waals surface area contributed by atoms with Crippen molar-refractivity contribution >= 4 is 5.91 Å². The topological polar surface area (TPSA) is 60.8 Å². The summed E-state index contributed by atoms with van der Waals surface area (Å²) < 4.78 is 0. The van der Waals surface area contributed by atoms with E-state index < -0.39 is 0 Å². The molecular weight excluding hydrogens is 230 g/mol. The van der Waals surface area contributed by atoms with Crippen molar-refractivity contribution in [2.45, 2.75) is 12.8 Å². The smallest absolute Gasteiger partial charge is 0.258 e. The third-order valence-electron chi connectivity index (χ3n) is 2.99. The molecule has 0 atom stereocenters. The summed E-state index contributed by atoms with van der Waals surface area (Å²) in [5, 5.41) is 19.1. The SMILES string of the molecule is C#CCN(CC1CC1)C(=O)c1cccc(O)c1O. The Morgan fingerprint density at radius 1 is 1.44 bits per heavy atom. The molecule has 18 heavy (non-hydrogen) atoms. The lowest BCUT2D eigenvalue weighted by atomic mass is 10.1. The second-order valence-corrected chi connectivity index (χ2v) is 4.51. The van der Waals surface area contributed by atoms with Crippen LogP contribution in [-0.4, -0.2) is 34.1 Å². The van der Waals surface area contributed by atoms with E-state index >= 15 is 0 Å². The molecule has 1 aromatic carbocycles. The third-order valence-corrected chi connectivity index (χ3v) is 2.99. The van der Waals surface area contributed by atoms with E-state index in [0.717, 1.165) is 12.8 Å². The average Bonchev–Trinajstić information content (AvgIpc) is 3.15. The number of hydrogen-bond donors (Lipinski definition) is 2. The number of amides is 1. The highest BCUT2D eigenvalue weighted by Crippen LogP contribution is 2.32. The Labute approximate surface area is 106 Å². The minimum atomic E-state index is -0.389. The molecule has 0 unspecified atom stereocenters. The van der Waals surface area contributed by atoms with E-state index in [1.54, 1.807) is 0 Å². The van der Waals surface area contributed by atoms with Gasteiger partial charge in [-0.1, -0.05) is 12.0 Å². The summed E-state index contributed by atoms with van der Waals surface area (Å²) in [6.07, 6.45) is 7.48. The summed E-state index contributed by atoms with van der Waals surface area (Å²) in [5.41, 5.74) is 0.0888. The normalized spacial score (nSPS) is 13.9. The Balaban J connectivity index is 2.21. The molecule has 0 bridgehead atoms. The van der Waals surface area contributed by atoms with Gasteiger partial charge in [-0.25, -0.2) is 0 Å². The Morgan fingerprint density at radius 3 is 2.78 bits per heavy atom. The Bertz CT molecular complexity index is 500. The number of aromatic hydroxyl groups is 2. The van der Waals surface area contributed by atoms with Gasteiger partial charge in [-0.2, -0.15) is 0 Å². The second-order valence-electron chi connectivity index (χ2n) is 4.51. The molecule has 1 amide bonds. The van der Waals surface area contributed by atoms with E-state index in [1.807, 2.05) is 0 Å². The maximum atomic E-state index is 12.2. The van der Waals surface area contributed by atoms with Gasteiger partial charge >= 0.3 is 0 Å². The average molecular weight is 245 g/mol. The predicted octanol–water partition coefficient (Wildman–Crippen LogP) is 1.58. The van der Waals surface area contributed by atoms with Crippen LogP contribution in [0.5, 0.6) is 11.5 Å². The molecule has 4 nitrogen and oxygen atoms in total. The molecule has 1 aliphatic rings. The van der Waals surface area contributed by atoms with Crippen molar-refractivity contribution < 1.29 is 15.0 Å². The van der Waals surface area contributed by atoms with Crippen molar-refractivity contribution in [1.29, 1.82) is 0 Å². The predicted molar refractivity (Wildman–Crippen MR) is 67.2 cm³/mol. The van der Waals surface area contributed by atoms with Gasteiger partial charge in [0.05, 0.1) is 12.1 Å². The maximum Gasteiger partial charge on any atom is 0.258 e. The number of phenolic OH excluding ortho intramolecular Hbond substituents is 2. The minimum Gasteiger partial charge on any atom is -0.504 e. The first-order valence-electron chi connectivity index (χ1n) is 5.87. The summed E-state index contributed by atoms with van der Waals surface area (Å²) in [7, 11) is 0. The number of nitrogens with zero attached hydrogens (tertiary/aromatic N) is 1. The van der Waals surface area contributed by atoms with Gasteiger partial charge < -0.3 is 15.1 Å². The number of phenols is 2. The highest BCUT2D eigenvalue weighted by molar-refractivity contribution is 5.97. The zero-order valence-electron chi connectivity index (χ0n) is 9.97. The van der Waals surface area contributed by atoms with Gasteiger partial charge in [-0.15, -0.1) is 6.42 Å². The van der Waals surface area contributed by atoms with Crippen LogP contribution in [0.1, 0.15) is 23.2 Å². The molecule has 0 saturated heterocycles. The molecule has 1 aliphatic carbocycles. The third kappa shape index (κ3) is 2.57. The number of terminal acetylenes is 1. The summed E-state index contributed by atoms with van der Waals surface area (Å²) in [5.74, 6) is 1.94. The standard InChI is InChI=1S/C14H15NO3/c1-2-8-15(9-10-6-7-10)14(18)11-4-3-5-12(16)13(11)17/h1,3-5,10,16-17H,6-9H2. The lowest BCUT2D eigenvalue weighted by Crippen LogP contribution is -2.33. The highest BCUT2D eigenvalue weighted by Gasteiger charge is 2.28. The van der Waals surface area contributed by atoms with Crippen molar-refractivity contribution in [2.75, 3.05) is 13.1 Å². The lowest BCUT2D eigenvalue weighted by molar-refractivity contribution is 0.0766. The van der Waals surface area contributed by atoms with E-state index in [2.05, 4.69) is 5.92 Å². The van der Waals surface area contributed by atoms with Crippen LogP contribution in [0.3, 0.4) is 0 Å². The molecule has 1 saturated carbocycles. The van der Waals surface area contributed by atoms with Crippen molar-refractivity contribution in [1.82, 2.24) is 4.90 Å². The summed E-state index contributed by atoms with van der Waals surface area (Å²) in [4.78, 5) is 13.8. The summed E-state index contributed by atoms with van der Waals surface area (Å²) >= 11 is 0. The molecule has 0 aliphatic heterocycles. The Hall–Kier alpha value is -2.15. The van der Waals surface area contributed by atoms with E-state index in [1.165, 1.54) is 23.1 Å². The molecule has 1 aromatic rings. The quantitative estimate of drug-likeness (QED) is 0.625. The van der Waals surface area contributed by atoms with Crippen molar-refractivity contribution in [3.8, 4) is 23.8 Å². The van der Waals surface area contributed by atoms with Crippen LogP contribution >= 0.6 is 0 Å². The first-order chi connectivity index (χ1) is 8.63.